The molecule has 1 aromatic heterocycles. The number of ether oxygens (including phenoxy) is 2. The molecule has 8 heteroatoms. The highest BCUT2D eigenvalue weighted by Crippen LogP contribution is 2.43. The summed E-state index contributed by atoms with van der Waals surface area (Å²) in [6, 6.07) is 19.6. The molecule has 6 rings (SSSR count). The third-order valence-electron chi connectivity index (χ3n) is 7.30. The normalized spacial score (nSPS) is 18.5. The van der Waals surface area contributed by atoms with Crippen molar-refractivity contribution in [2.75, 3.05) is 32.2 Å². The predicted molar refractivity (Wildman–Crippen MR) is 144 cm³/mol. The van der Waals surface area contributed by atoms with Crippen molar-refractivity contribution >= 4 is 34.0 Å². The van der Waals surface area contributed by atoms with E-state index in [0.29, 0.717) is 30.2 Å². The summed E-state index contributed by atoms with van der Waals surface area (Å²) in [4.78, 5) is 33.8. The molecule has 1 unspecified atom stereocenters. The molecule has 0 spiro atoms. The number of aromatic nitrogens is 1. The third-order valence-corrected chi connectivity index (χ3v) is 7.30. The number of hydrogen-bond donors (Lipinski definition) is 2. The van der Waals surface area contributed by atoms with E-state index in [1.807, 2.05) is 66.7 Å². The van der Waals surface area contributed by atoms with Crippen LogP contribution >= 0.6 is 0 Å². The van der Waals surface area contributed by atoms with Crippen LogP contribution in [0.2, 0.25) is 0 Å². The van der Waals surface area contributed by atoms with Gasteiger partial charge in [-0.3, -0.25) is 9.59 Å². The largest absolute Gasteiger partial charge is 0.507 e. The maximum absolute atomic E-state index is 13.5. The number of para-hydroxylation sites is 1. The molecule has 0 saturated carbocycles. The highest BCUT2D eigenvalue weighted by atomic mass is 16.5. The molecule has 0 radical (unpaired) electrons. The fourth-order valence-electron chi connectivity index (χ4n) is 5.27. The molecule has 3 heterocycles. The second-order valence-corrected chi connectivity index (χ2v) is 9.52. The van der Waals surface area contributed by atoms with Gasteiger partial charge in [0, 0.05) is 41.8 Å². The first-order valence-corrected chi connectivity index (χ1v) is 12.4. The van der Waals surface area contributed by atoms with Crippen molar-refractivity contribution in [2.45, 2.75) is 12.6 Å². The lowest BCUT2D eigenvalue weighted by molar-refractivity contribution is -0.140. The zero-order valence-electron chi connectivity index (χ0n) is 21.1. The van der Waals surface area contributed by atoms with E-state index >= 15 is 0 Å². The quantitative estimate of drug-likeness (QED) is 0.232. The highest BCUT2D eigenvalue weighted by molar-refractivity contribution is 6.46. The minimum atomic E-state index is -0.779. The molecule has 3 aromatic carbocycles. The van der Waals surface area contributed by atoms with Gasteiger partial charge in [-0.2, -0.15) is 0 Å². The summed E-state index contributed by atoms with van der Waals surface area (Å²) in [7, 11) is 3.54. The number of methoxy groups -OCH3 is 1. The van der Waals surface area contributed by atoms with Crippen LogP contribution in [0, 0.1) is 0 Å². The molecule has 2 aliphatic rings. The number of Topliss-reactive ketones (excluding diaryl/α,β-unsaturated/α-hetero) is 1. The van der Waals surface area contributed by atoms with E-state index in [1.54, 1.807) is 25.3 Å². The van der Waals surface area contributed by atoms with E-state index < -0.39 is 17.7 Å². The number of aromatic amines is 1. The van der Waals surface area contributed by atoms with Crippen molar-refractivity contribution in [1.82, 2.24) is 9.88 Å². The highest BCUT2D eigenvalue weighted by Gasteiger charge is 2.47. The molecule has 2 N–H and O–H groups in total. The molecule has 4 aromatic rings. The van der Waals surface area contributed by atoms with Gasteiger partial charge in [-0.25, -0.2) is 0 Å². The topological polar surface area (TPSA) is 95.1 Å². The summed E-state index contributed by atoms with van der Waals surface area (Å²) in [5.74, 6) is -0.170. The summed E-state index contributed by atoms with van der Waals surface area (Å²) < 4.78 is 11.0. The Morgan fingerprint density at radius 2 is 1.89 bits per heavy atom. The fourth-order valence-corrected chi connectivity index (χ4v) is 5.27. The molecule has 1 amide bonds. The average molecular weight is 510 g/mol. The first kappa shape index (κ1) is 23.7. The van der Waals surface area contributed by atoms with Gasteiger partial charge in [0.05, 0.1) is 31.0 Å². The number of ketones is 1. The molecular formula is C30H27N3O5. The number of aliphatic hydroxyl groups excluding tert-OH is 1. The van der Waals surface area contributed by atoms with Gasteiger partial charge in [-0.05, 0) is 42.0 Å². The SMILES string of the molecule is COc1ccc(CN2C(=O)C(=O)/C(=C(/O)c3ccc4c(c3)N(C)CCO4)C2c2c[nH]c3ccccc23)cc1. The minimum absolute atomic E-state index is 0.0626. The smallest absolute Gasteiger partial charge is 0.295 e. The number of benzene rings is 3. The third kappa shape index (κ3) is 3.85. The molecule has 1 saturated heterocycles. The molecule has 2 aliphatic heterocycles. The monoisotopic (exact) mass is 509 g/mol. The van der Waals surface area contributed by atoms with Gasteiger partial charge in [0.1, 0.15) is 23.9 Å². The van der Waals surface area contributed by atoms with E-state index in [4.69, 9.17) is 9.47 Å². The number of hydrogen-bond acceptors (Lipinski definition) is 6. The zero-order chi connectivity index (χ0) is 26.4. The van der Waals surface area contributed by atoms with E-state index in [0.717, 1.165) is 27.7 Å². The number of carbonyl (C=O) groups excluding carboxylic acids is 2. The summed E-state index contributed by atoms with van der Waals surface area (Å²) in [5, 5.41) is 12.5. The van der Waals surface area contributed by atoms with Crippen LogP contribution in [-0.4, -0.2) is 54.0 Å². The molecule has 192 valence electrons. The van der Waals surface area contributed by atoms with Crippen LogP contribution in [0.5, 0.6) is 11.5 Å². The molecule has 0 bridgehead atoms. The van der Waals surface area contributed by atoms with Crippen LogP contribution in [0.15, 0.2) is 78.5 Å². The number of likely N-dealkylation sites (N-methyl/N-ethyl adjacent to an activating group) is 1. The van der Waals surface area contributed by atoms with Gasteiger partial charge >= 0.3 is 0 Å². The number of nitrogens with one attached hydrogen (secondary N) is 1. The van der Waals surface area contributed by atoms with E-state index in [2.05, 4.69) is 4.98 Å². The van der Waals surface area contributed by atoms with E-state index in [-0.39, 0.29) is 17.9 Å². The van der Waals surface area contributed by atoms with Crippen LogP contribution in [-0.2, 0) is 16.1 Å². The van der Waals surface area contributed by atoms with Crippen molar-refractivity contribution in [3.8, 4) is 11.5 Å². The van der Waals surface area contributed by atoms with E-state index in [1.165, 1.54) is 4.90 Å². The second-order valence-electron chi connectivity index (χ2n) is 9.52. The van der Waals surface area contributed by atoms with Gasteiger partial charge in [-0.1, -0.05) is 30.3 Å². The first-order valence-electron chi connectivity index (χ1n) is 12.4. The zero-order valence-corrected chi connectivity index (χ0v) is 21.1. The Hall–Kier alpha value is -4.72. The minimum Gasteiger partial charge on any atom is -0.507 e. The van der Waals surface area contributed by atoms with Gasteiger partial charge in [0.2, 0.25) is 0 Å². The van der Waals surface area contributed by atoms with Gasteiger partial charge < -0.3 is 29.4 Å². The maximum Gasteiger partial charge on any atom is 0.295 e. The van der Waals surface area contributed by atoms with Crippen LogP contribution in [0.4, 0.5) is 5.69 Å². The number of carbonyl (C=O) groups is 2. The molecule has 1 atom stereocenters. The summed E-state index contributed by atoms with van der Waals surface area (Å²) in [6.45, 7) is 1.47. The second kappa shape index (κ2) is 9.30. The summed E-state index contributed by atoms with van der Waals surface area (Å²) >= 11 is 0. The maximum atomic E-state index is 13.5. The number of fused-ring (bicyclic) bond motifs is 2. The van der Waals surface area contributed by atoms with Crippen LogP contribution in [0.25, 0.3) is 16.7 Å². The van der Waals surface area contributed by atoms with Crippen molar-refractivity contribution < 1.29 is 24.2 Å². The number of rotatable bonds is 5. The lowest BCUT2D eigenvalue weighted by Gasteiger charge is -2.28. The lowest BCUT2D eigenvalue weighted by Crippen LogP contribution is -2.29. The summed E-state index contributed by atoms with van der Waals surface area (Å²) in [6.07, 6.45) is 1.81. The fraction of sp³-hybridized carbons (Fsp3) is 0.200. The molecule has 8 nitrogen and oxygen atoms in total. The summed E-state index contributed by atoms with van der Waals surface area (Å²) in [5.41, 5.74) is 3.79. The Morgan fingerprint density at radius 1 is 1.11 bits per heavy atom. The lowest BCUT2D eigenvalue weighted by atomic mass is 9.94. The standard InChI is InChI=1S/C30H27N3O5/c1-32-13-14-38-25-12-9-19(15-24(25)32)28(34)26-27(22-16-31-23-6-4-3-5-21(22)23)33(30(36)29(26)35)17-18-7-10-20(37-2)11-8-18/h3-12,15-16,27,31,34H,13-14,17H2,1-2H3/b28-26+. The molecule has 1 fully saturated rings. The Kier molecular flexibility index (Phi) is 5.79. The average Bonchev–Trinajstić information content (AvgIpc) is 3.47. The number of aliphatic hydroxyl groups is 1. The number of H-pyrrole nitrogens is 1. The number of nitrogens with zero attached hydrogens (tertiary/aromatic N) is 2. The van der Waals surface area contributed by atoms with Crippen molar-refractivity contribution in [3.63, 3.8) is 0 Å². The molecular weight excluding hydrogens is 482 g/mol. The Balaban J connectivity index is 1.50. The van der Waals surface area contributed by atoms with Crippen LogP contribution < -0.4 is 14.4 Å². The number of anilines is 1. The van der Waals surface area contributed by atoms with Gasteiger partial charge in [0.25, 0.3) is 11.7 Å². The number of likely N-dealkylation sites (tertiary alicyclic amines) is 1. The molecule has 38 heavy (non-hydrogen) atoms. The Bertz CT molecular complexity index is 1590. The van der Waals surface area contributed by atoms with Crippen molar-refractivity contribution in [3.05, 3.63) is 95.2 Å². The van der Waals surface area contributed by atoms with Crippen molar-refractivity contribution in [1.29, 1.82) is 0 Å². The van der Waals surface area contributed by atoms with Crippen LogP contribution in [0.3, 0.4) is 0 Å². The van der Waals surface area contributed by atoms with Gasteiger partial charge in [-0.15, -0.1) is 0 Å². The van der Waals surface area contributed by atoms with Crippen molar-refractivity contribution in [2.24, 2.45) is 0 Å². The van der Waals surface area contributed by atoms with Crippen LogP contribution in [0.1, 0.15) is 22.7 Å². The first-order chi connectivity index (χ1) is 18.5. The Labute approximate surface area is 219 Å². The number of amides is 1. The molecule has 0 aliphatic carbocycles. The van der Waals surface area contributed by atoms with E-state index in [9.17, 15) is 14.7 Å². The Morgan fingerprint density at radius 3 is 2.68 bits per heavy atom. The predicted octanol–water partition coefficient (Wildman–Crippen LogP) is 4.63. The van der Waals surface area contributed by atoms with Gasteiger partial charge in [0.15, 0.2) is 0 Å².